The molecule has 1 N–H and O–H groups in total. The molecule has 0 atom stereocenters. The van der Waals surface area contributed by atoms with Crippen molar-refractivity contribution in [2.24, 2.45) is 0 Å². The van der Waals surface area contributed by atoms with Gasteiger partial charge in [-0.15, -0.1) is 11.3 Å². The lowest BCUT2D eigenvalue weighted by molar-refractivity contribution is 0.288. The zero-order valence-corrected chi connectivity index (χ0v) is 15.5. The first-order valence-electron chi connectivity index (χ1n) is 8.33. The highest BCUT2D eigenvalue weighted by atomic mass is 32.1. The second-order valence-electron chi connectivity index (χ2n) is 6.12. The number of aromatic amines is 1. The Morgan fingerprint density at radius 1 is 1.17 bits per heavy atom. The second kappa shape index (κ2) is 6.87. The average Bonchev–Trinajstić information content (AvgIpc) is 2.99. The van der Waals surface area contributed by atoms with Crippen molar-refractivity contribution in [1.82, 2.24) is 14.9 Å². The van der Waals surface area contributed by atoms with Gasteiger partial charge in [0, 0.05) is 10.9 Å². The molecule has 1 aromatic carbocycles. The molecule has 0 amide bonds. The number of thiophene rings is 1. The summed E-state index contributed by atoms with van der Waals surface area (Å²) in [7, 11) is 0. The van der Waals surface area contributed by atoms with Crippen molar-refractivity contribution in [3.8, 4) is 11.1 Å². The first-order valence-corrected chi connectivity index (χ1v) is 9.21. The van der Waals surface area contributed by atoms with E-state index in [0.29, 0.717) is 11.9 Å². The summed E-state index contributed by atoms with van der Waals surface area (Å²) in [4.78, 5) is 23.4. The van der Waals surface area contributed by atoms with E-state index in [4.69, 9.17) is 4.98 Å². The Hall–Kier alpha value is -1.98. The second-order valence-corrected chi connectivity index (χ2v) is 6.98. The van der Waals surface area contributed by atoms with E-state index in [9.17, 15) is 4.79 Å². The summed E-state index contributed by atoms with van der Waals surface area (Å²) in [6.45, 7) is 10.9. The number of benzene rings is 1. The summed E-state index contributed by atoms with van der Waals surface area (Å²) in [6, 6.07) is 6.34. The van der Waals surface area contributed by atoms with Crippen molar-refractivity contribution in [2.45, 2.75) is 34.2 Å². The van der Waals surface area contributed by atoms with E-state index in [1.807, 2.05) is 0 Å². The molecule has 0 unspecified atom stereocenters. The Morgan fingerprint density at radius 2 is 1.92 bits per heavy atom. The minimum atomic E-state index is -0.0423. The molecular formula is C19H23N3OS. The van der Waals surface area contributed by atoms with Crippen molar-refractivity contribution in [3.05, 3.63) is 50.9 Å². The number of fused-ring (bicyclic) bond motifs is 1. The van der Waals surface area contributed by atoms with Gasteiger partial charge in [0.05, 0.1) is 11.9 Å². The van der Waals surface area contributed by atoms with Gasteiger partial charge in [0.25, 0.3) is 5.56 Å². The van der Waals surface area contributed by atoms with Gasteiger partial charge in [0.1, 0.15) is 10.7 Å². The van der Waals surface area contributed by atoms with Gasteiger partial charge < -0.3 is 4.98 Å². The smallest absolute Gasteiger partial charge is 0.260 e. The molecule has 4 nitrogen and oxygen atoms in total. The first kappa shape index (κ1) is 16.9. The fourth-order valence-corrected chi connectivity index (χ4v) is 3.91. The number of aryl methyl sites for hydroxylation is 2. The van der Waals surface area contributed by atoms with Gasteiger partial charge in [-0.1, -0.05) is 37.6 Å². The van der Waals surface area contributed by atoms with Crippen LogP contribution < -0.4 is 5.56 Å². The molecule has 126 valence electrons. The van der Waals surface area contributed by atoms with Gasteiger partial charge in [-0.05, 0) is 38.1 Å². The van der Waals surface area contributed by atoms with Gasteiger partial charge in [-0.2, -0.15) is 0 Å². The van der Waals surface area contributed by atoms with Crippen LogP contribution in [0.5, 0.6) is 0 Å². The topological polar surface area (TPSA) is 49.0 Å². The Morgan fingerprint density at radius 3 is 2.62 bits per heavy atom. The molecule has 0 radical (unpaired) electrons. The van der Waals surface area contributed by atoms with E-state index in [-0.39, 0.29) is 5.56 Å². The van der Waals surface area contributed by atoms with Gasteiger partial charge >= 0.3 is 0 Å². The van der Waals surface area contributed by atoms with Gasteiger partial charge in [0.15, 0.2) is 0 Å². The van der Waals surface area contributed by atoms with E-state index in [0.717, 1.165) is 34.9 Å². The van der Waals surface area contributed by atoms with Crippen molar-refractivity contribution in [3.63, 3.8) is 0 Å². The SMILES string of the molecule is CCN(CC)Cc1nc2scc(-c3cc(C)ccc3C)c2c(=O)[nH]1. The Bertz CT molecular complexity index is 922. The van der Waals surface area contributed by atoms with Gasteiger partial charge in [-0.3, -0.25) is 9.69 Å². The molecule has 0 bridgehead atoms. The summed E-state index contributed by atoms with van der Waals surface area (Å²) >= 11 is 1.54. The molecule has 0 aliphatic rings. The molecule has 0 fully saturated rings. The predicted octanol–water partition coefficient (Wildman–Crippen LogP) is 4.11. The third-order valence-corrected chi connectivity index (χ3v) is 5.32. The van der Waals surface area contributed by atoms with Crippen LogP contribution in [-0.4, -0.2) is 28.0 Å². The van der Waals surface area contributed by atoms with Crippen molar-refractivity contribution in [1.29, 1.82) is 0 Å². The summed E-state index contributed by atoms with van der Waals surface area (Å²) in [6.07, 6.45) is 0. The molecule has 0 saturated carbocycles. The largest absolute Gasteiger partial charge is 0.309 e. The highest BCUT2D eigenvalue weighted by Gasteiger charge is 2.15. The van der Waals surface area contributed by atoms with Crippen LogP contribution in [0, 0.1) is 13.8 Å². The van der Waals surface area contributed by atoms with Crippen LogP contribution >= 0.6 is 11.3 Å². The third kappa shape index (κ3) is 3.14. The standard InChI is InChI=1S/C19H23N3OS/c1-5-22(6-2)10-16-20-18(23)17-15(11-24-19(17)21-16)14-9-12(3)7-8-13(14)4/h7-9,11H,5-6,10H2,1-4H3,(H,20,21,23). The highest BCUT2D eigenvalue weighted by Crippen LogP contribution is 2.33. The maximum absolute atomic E-state index is 12.7. The Balaban J connectivity index is 2.10. The molecule has 2 aromatic heterocycles. The van der Waals surface area contributed by atoms with E-state index in [2.05, 4.69) is 61.2 Å². The van der Waals surface area contributed by atoms with E-state index >= 15 is 0 Å². The van der Waals surface area contributed by atoms with Crippen LogP contribution in [0.3, 0.4) is 0 Å². The zero-order valence-electron chi connectivity index (χ0n) is 14.6. The monoisotopic (exact) mass is 341 g/mol. The van der Waals surface area contributed by atoms with E-state index in [1.165, 1.54) is 11.1 Å². The summed E-state index contributed by atoms with van der Waals surface area (Å²) in [5, 5.41) is 2.76. The van der Waals surface area contributed by atoms with Crippen LogP contribution in [0.15, 0.2) is 28.4 Å². The number of rotatable bonds is 5. The maximum Gasteiger partial charge on any atom is 0.260 e. The molecule has 0 aliphatic heterocycles. The highest BCUT2D eigenvalue weighted by molar-refractivity contribution is 7.17. The number of H-pyrrole nitrogens is 1. The number of nitrogens with one attached hydrogen (secondary N) is 1. The normalized spacial score (nSPS) is 11.5. The van der Waals surface area contributed by atoms with Crippen molar-refractivity contribution in [2.75, 3.05) is 13.1 Å². The van der Waals surface area contributed by atoms with Crippen LogP contribution in [0.25, 0.3) is 21.3 Å². The van der Waals surface area contributed by atoms with Crippen LogP contribution in [0.2, 0.25) is 0 Å². The Labute approximate surface area is 146 Å². The summed E-state index contributed by atoms with van der Waals surface area (Å²) in [5.41, 5.74) is 4.42. The van der Waals surface area contributed by atoms with Crippen LogP contribution in [-0.2, 0) is 6.54 Å². The van der Waals surface area contributed by atoms with Crippen LogP contribution in [0.4, 0.5) is 0 Å². The van der Waals surface area contributed by atoms with E-state index < -0.39 is 0 Å². The first-order chi connectivity index (χ1) is 11.5. The number of hydrogen-bond donors (Lipinski definition) is 1. The molecule has 3 aromatic rings. The van der Waals surface area contributed by atoms with E-state index in [1.54, 1.807) is 11.3 Å². The minimum Gasteiger partial charge on any atom is -0.309 e. The maximum atomic E-state index is 12.7. The zero-order chi connectivity index (χ0) is 17.3. The Kier molecular flexibility index (Phi) is 4.83. The minimum absolute atomic E-state index is 0.0423. The lowest BCUT2D eigenvalue weighted by atomic mass is 9.99. The average molecular weight is 341 g/mol. The number of nitrogens with zero attached hydrogens (tertiary/aromatic N) is 2. The molecule has 3 rings (SSSR count). The number of hydrogen-bond acceptors (Lipinski definition) is 4. The van der Waals surface area contributed by atoms with Gasteiger partial charge in [0.2, 0.25) is 0 Å². The predicted molar refractivity (Wildman–Crippen MR) is 102 cm³/mol. The molecule has 0 spiro atoms. The van der Waals surface area contributed by atoms with Crippen molar-refractivity contribution >= 4 is 21.6 Å². The lowest BCUT2D eigenvalue weighted by Crippen LogP contribution is -2.25. The summed E-state index contributed by atoms with van der Waals surface area (Å²) < 4.78 is 0. The fourth-order valence-electron chi connectivity index (χ4n) is 2.95. The van der Waals surface area contributed by atoms with Gasteiger partial charge in [-0.25, -0.2) is 4.98 Å². The summed E-state index contributed by atoms with van der Waals surface area (Å²) in [5.74, 6) is 0.741. The molecule has 0 saturated heterocycles. The molecule has 5 heteroatoms. The fraction of sp³-hybridized carbons (Fsp3) is 0.368. The molecule has 24 heavy (non-hydrogen) atoms. The third-order valence-electron chi connectivity index (χ3n) is 4.44. The molecule has 2 heterocycles. The lowest BCUT2D eigenvalue weighted by Gasteiger charge is -2.16. The quantitative estimate of drug-likeness (QED) is 0.760. The molecular weight excluding hydrogens is 318 g/mol. The van der Waals surface area contributed by atoms with Crippen LogP contribution in [0.1, 0.15) is 30.8 Å². The molecule has 0 aliphatic carbocycles. The number of aromatic nitrogens is 2. The van der Waals surface area contributed by atoms with Crippen molar-refractivity contribution < 1.29 is 0 Å².